The molecule has 3 nitrogen and oxygen atoms in total. The Balaban J connectivity index is 2.93. The molecule has 0 N–H and O–H groups in total. The molecule has 2 rings (SSSR count). The summed E-state index contributed by atoms with van der Waals surface area (Å²) in [5.41, 5.74) is 0.915. The van der Waals surface area contributed by atoms with E-state index >= 15 is 0 Å². The molecule has 0 aliphatic rings. The molecule has 0 bridgehead atoms. The van der Waals surface area contributed by atoms with Gasteiger partial charge in [0.25, 0.3) is 0 Å². The number of methoxy groups -OCH3 is 1. The van der Waals surface area contributed by atoms with Gasteiger partial charge in [0.2, 0.25) is 0 Å². The minimum atomic E-state index is -1.21. The predicted molar refractivity (Wildman–Crippen MR) is 59.6 cm³/mol. The van der Waals surface area contributed by atoms with Crippen LogP contribution < -0.4 is 9.84 Å². The van der Waals surface area contributed by atoms with Crippen molar-refractivity contribution >= 4 is 16.7 Å². The van der Waals surface area contributed by atoms with Gasteiger partial charge in [0, 0.05) is 5.56 Å². The van der Waals surface area contributed by atoms with E-state index in [4.69, 9.17) is 4.74 Å². The number of hydrogen-bond donors (Lipinski definition) is 0. The molecule has 0 saturated carbocycles. The molecule has 0 radical (unpaired) electrons. The van der Waals surface area contributed by atoms with Gasteiger partial charge in [-0.15, -0.1) is 0 Å². The van der Waals surface area contributed by atoms with Gasteiger partial charge in [0.05, 0.1) is 13.1 Å². The van der Waals surface area contributed by atoms with Crippen molar-refractivity contribution in [2.45, 2.75) is 6.92 Å². The second-order valence-corrected chi connectivity index (χ2v) is 3.61. The average molecular weight is 215 g/mol. The Bertz CT molecular complexity index is 558. The fourth-order valence-electron chi connectivity index (χ4n) is 1.93. The second-order valence-electron chi connectivity index (χ2n) is 3.61. The highest BCUT2D eigenvalue weighted by Gasteiger charge is 2.12. The minimum Gasteiger partial charge on any atom is -0.545 e. The lowest BCUT2D eigenvalue weighted by Crippen LogP contribution is -2.23. The van der Waals surface area contributed by atoms with E-state index in [1.165, 1.54) is 7.11 Å². The number of carboxylic acid groups (broad SMARTS) is 1. The maximum absolute atomic E-state index is 11.2. The van der Waals surface area contributed by atoms with E-state index in [1.807, 2.05) is 25.1 Å². The number of fused-ring (bicyclic) bond motifs is 1. The number of rotatable bonds is 2. The van der Waals surface area contributed by atoms with E-state index in [0.29, 0.717) is 11.1 Å². The number of carbonyl (C=O) groups is 1. The number of carbonyl (C=O) groups excluding carboxylic acids is 1. The largest absolute Gasteiger partial charge is 0.545 e. The normalized spacial score (nSPS) is 10.4. The third-order valence-corrected chi connectivity index (χ3v) is 2.60. The van der Waals surface area contributed by atoms with Crippen molar-refractivity contribution in [3.05, 3.63) is 41.5 Å². The van der Waals surface area contributed by atoms with E-state index < -0.39 is 5.97 Å². The molecule has 0 heterocycles. The highest BCUT2D eigenvalue weighted by Crippen LogP contribution is 2.31. The van der Waals surface area contributed by atoms with Gasteiger partial charge in [-0.3, -0.25) is 0 Å². The summed E-state index contributed by atoms with van der Waals surface area (Å²) < 4.78 is 5.12. The lowest BCUT2D eigenvalue weighted by Gasteiger charge is -2.15. The lowest BCUT2D eigenvalue weighted by atomic mass is 10.00. The molecule has 16 heavy (non-hydrogen) atoms. The zero-order valence-corrected chi connectivity index (χ0v) is 9.11. The van der Waals surface area contributed by atoms with Crippen molar-refractivity contribution in [1.29, 1.82) is 0 Å². The Morgan fingerprint density at radius 2 is 2.00 bits per heavy atom. The summed E-state index contributed by atoms with van der Waals surface area (Å²) >= 11 is 0. The smallest absolute Gasteiger partial charge is 0.131 e. The Morgan fingerprint density at radius 1 is 1.31 bits per heavy atom. The van der Waals surface area contributed by atoms with Crippen LogP contribution in [0, 0.1) is 6.92 Å². The maximum atomic E-state index is 11.2. The molecule has 2 aromatic carbocycles. The van der Waals surface area contributed by atoms with E-state index in [-0.39, 0.29) is 5.56 Å². The van der Waals surface area contributed by atoms with E-state index in [2.05, 4.69) is 0 Å². The Hall–Kier alpha value is -2.03. The summed E-state index contributed by atoms with van der Waals surface area (Å²) in [5.74, 6) is -0.838. The van der Waals surface area contributed by atoms with Gasteiger partial charge < -0.3 is 14.6 Å². The number of ether oxygens (including phenoxy) is 1. The van der Waals surface area contributed by atoms with Crippen LogP contribution in [-0.4, -0.2) is 13.1 Å². The van der Waals surface area contributed by atoms with Crippen LogP contribution >= 0.6 is 0 Å². The van der Waals surface area contributed by atoms with Gasteiger partial charge in [0.15, 0.2) is 0 Å². The Morgan fingerprint density at radius 3 is 2.62 bits per heavy atom. The van der Waals surface area contributed by atoms with Crippen LogP contribution in [0.1, 0.15) is 15.9 Å². The van der Waals surface area contributed by atoms with Crippen LogP contribution in [0.25, 0.3) is 10.8 Å². The highest BCUT2D eigenvalue weighted by molar-refractivity contribution is 6.06. The first-order valence-corrected chi connectivity index (χ1v) is 4.93. The molecule has 0 aromatic heterocycles. The molecule has 0 aliphatic carbocycles. The first-order chi connectivity index (χ1) is 7.65. The van der Waals surface area contributed by atoms with Crippen LogP contribution in [0.3, 0.4) is 0 Å². The molecule has 0 atom stereocenters. The molecular formula is C13H11O3-. The van der Waals surface area contributed by atoms with E-state index in [1.54, 1.807) is 12.1 Å². The van der Waals surface area contributed by atoms with E-state index in [9.17, 15) is 9.90 Å². The van der Waals surface area contributed by atoms with Gasteiger partial charge in [0.1, 0.15) is 5.75 Å². The standard InChI is InChI=1S/C13H12O3/c1-8-7-9-5-3-4-6-10(9)11(13(14)15)12(8)16-2/h3-7H,1-2H3,(H,14,15)/p-1. The summed E-state index contributed by atoms with van der Waals surface area (Å²) in [6, 6.07) is 9.19. The van der Waals surface area contributed by atoms with Gasteiger partial charge >= 0.3 is 0 Å². The zero-order valence-electron chi connectivity index (χ0n) is 9.11. The Kier molecular flexibility index (Phi) is 2.52. The molecule has 0 aliphatic heterocycles. The van der Waals surface area contributed by atoms with Gasteiger partial charge in [-0.1, -0.05) is 24.3 Å². The summed E-state index contributed by atoms with van der Waals surface area (Å²) in [6.07, 6.45) is 0. The minimum absolute atomic E-state index is 0.123. The number of aromatic carboxylic acids is 1. The van der Waals surface area contributed by atoms with Crippen LogP contribution in [0.2, 0.25) is 0 Å². The maximum Gasteiger partial charge on any atom is 0.131 e. The topological polar surface area (TPSA) is 49.4 Å². The monoisotopic (exact) mass is 215 g/mol. The van der Waals surface area contributed by atoms with Crippen molar-refractivity contribution < 1.29 is 14.6 Å². The number of aryl methyl sites for hydroxylation is 1. The molecule has 2 aromatic rings. The fourth-order valence-corrected chi connectivity index (χ4v) is 1.93. The molecule has 82 valence electrons. The SMILES string of the molecule is COc1c(C)cc2ccccc2c1C(=O)[O-]. The zero-order chi connectivity index (χ0) is 11.7. The number of benzene rings is 2. The second kappa shape index (κ2) is 3.85. The number of carboxylic acids is 1. The van der Waals surface area contributed by atoms with Crippen LogP contribution in [-0.2, 0) is 0 Å². The lowest BCUT2D eigenvalue weighted by molar-refractivity contribution is -0.254. The summed E-state index contributed by atoms with van der Waals surface area (Å²) in [6.45, 7) is 1.82. The molecule has 0 unspecified atom stereocenters. The van der Waals surface area contributed by atoms with Crippen LogP contribution in [0.15, 0.2) is 30.3 Å². The van der Waals surface area contributed by atoms with Crippen molar-refractivity contribution in [1.82, 2.24) is 0 Å². The van der Waals surface area contributed by atoms with Crippen molar-refractivity contribution in [2.24, 2.45) is 0 Å². The van der Waals surface area contributed by atoms with Crippen molar-refractivity contribution in [3.63, 3.8) is 0 Å². The quantitative estimate of drug-likeness (QED) is 0.763. The first-order valence-electron chi connectivity index (χ1n) is 4.93. The average Bonchev–Trinajstić information content (AvgIpc) is 2.26. The molecule has 0 fully saturated rings. The molecule has 0 spiro atoms. The predicted octanol–water partition coefficient (Wildman–Crippen LogP) is 1.52. The van der Waals surface area contributed by atoms with Crippen LogP contribution in [0.4, 0.5) is 0 Å². The summed E-state index contributed by atoms with van der Waals surface area (Å²) in [4.78, 5) is 11.2. The van der Waals surface area contributed by atoms with Crippen LogP contribution in [0.5, 0.6) is 5.75 Å². The summed E-state index contributed by atoms with van der Waals surface area (Å²) in [5, 5.41) is 12.7. The van der Waals surface area contributed by atoms with Gasteiger partial charge in [-0.05, 0) is 29.3 Å². The van der Waals surface area contributed by atoms with Crippen molar-refractivity contribution in [3.8, 4) is 5.75 Å². The van der Waals surface area contributed by atoms with Gasteiger partial charge in [-0.25, -0.2) is 0 Å². The molecule has 0 amide bonds. The van der Waals surface area contributed by atoms with E-state index in [0.717, 1.165) is 10.9 Å². The molecule has 0 saturated heterocycles. The third kappa shape index (κ3) is 1.50. The number of hydrogen-bond acceptors (Lipinski definition) is 3. The third-order valence-electron chi connectivity index (χ3n) is 2.60. The molecule has 3 heteroatoms. The highest BCUT2D eigenvalue weighted by atomic mass is 16.5. The fraction of sp³-hybridized carbons (Fsp3) is 0.154. The van der Waals surface area contributed by atoms with Gasteiger partial charge in [-0.2, -0.15) is 0 Å². The first kappa shape index (κ1) is 10.5. The van der Waals surface area contributed by atoms with Crippen molar-refractivity contribution in [2.75, 3.05) is 7.11 Å². The molecular weight excluding hydrogens is 204 g/mol. The summed E-state index contributed by atoms with van der Waals surface area (Å²) in [7, 11) is 1.46. The Labute approximate surface area is 93.3 Å².